The lowest BCUT2D eigenvalue weighted by atomic mass is 9.96. The van der Waals surface area contributed by atoms with Crippen molar-refractivity contribution in [2.75, 3.05) is 56.6 Å². The molecule has 7 rings (SSSR count). The zero-order chi connectivity index (χ0) is 36.0. The molecular formula is C36H39ClF3N7O4. The van der Waals surface area contributed by atoms with Crippen LogP contribution in [-0.2, 0) is 29.7 Å². The predicted octanol–water partition coefficient (Wildman–Crippen LogP) is 4.03. The minimum Gasteiger partial charge on any atom is -0.496 e. The highest BCUT2D eigenvalue weighted by Gasteiger charge is 2.48. The number of hydrogen-bond donors (Lipinski definition) is 2. The zero-order valence-corrected chi connectivity index (χ0v) is 29.1. The molecule has 0 spiro atoms. The fourth-order valence-electron chi connectivity index (χ4n) is 7.64. The van der Waals surface area contributed by atoms with Crippen LogP contribution in [-0.4, -0.2) is 96.8 Å². The second-order valence-electron chi connectivity index (χ2n) is 13.6. The first-order valence-electron chi connectivity index (χ1n) is 17.0. The molecule has 0 bridgehead atoms. The van der Waals surface area contributed by atoms with E-state index in [9.17, 15) is 14.4 Å². The first-order chi connectivity index (χ1) is 24.4. The van der Waals surface area contributed by atoms with Crippen LogP contribution in [0, 0.1) is 5.82 Å². The summed E-state index contributed by atoms with van der Waals surface area (Å²) in [5.41, 5.74) is 4.19. The monoisotopic (exact) mass is 725 g/mol. The lowest BCUT2D eigenvalue weighted by Crippen LogP contribution is -2.61. The third kappa shape index (κ3) is 6.96. The van der Waals surface area contributed by atoms with Gasteiger partial charge in [0.05, 0.1) is 31.9 Å². The maximum absolute atomic E-state index is 15.8. The van der Waals surface area contributed by atoms with E-state index in [1.165, 1.54) is 17.7 Å². The van der Waals surface area contributed by atoms with Crippen LogP contribution in [0.1, 0.15) is 36.0 Å². The molecule has 2 N–H and O–H groups in total. The number of fused-ring (bicyclic) bond motifs is 1. The molecule has 3 aromatic rings. The normalized spacial score (nSPS) is 22.2. The fraction of sp³-hybridized carbons (Fsp3) is 0.444. The van der Waals surface area contributed by atoms with Gasteiger partial charge in [0, 0.05) is 98.1 Å². The summed E-state index contributed by atoms with van der Waals surface area (Å²) in [5.74, 6) is -3.76. The number of amides is 2. The highest BCUT2D eigenvalue weighted by atomic mass is 35.5. The molecule has 1 aromatic heterocycles. The van der Waals surface area contributed by atoms with Crippen molar-refractivity contribution in [2.24, 2.45) is 12.0 Å². The van der Waals surface area contributed by atoms with Crippen LogP contribution in [0.2, 0.25) is 5.02 Å². The number of aromatic nitrogens is 1. The van der Waals surface area contributed by atoms with Crippen LogP contribution in [0.25, 0.3) is 11.1 Å². The lowest BCUT2D eigenvalue weighted by Gasteiger charge is -2.46. The number of hydrogen-bond acceptors (Lipinski definition) is 9. The average molecular weight is 726 g/mol. The molecule has 0 saturated carbocycles. The summed E-state index contributed by atoms with van der Waals surface area (Å²) in [6, 6.07) is 6.65. The Balaban J connectivity index is 0.975. The van der Waals surface area contributed by atoms with E-state index in [1.54, 1.807) is 42.6 Å². The Hall–Kier alpha value is -4.40. The minimum absolute atomic E-state index is 0.103. The molecule has 11 nitrogen and oxygen atoms in total. The highest BCUT2D eigenvalue weighted by molar-refractivity contribution is 6.32. The molecule has 3 saturated heterocycles. The zero-order valence-electron chi connectivity index (χ0n) is 28.4. The quantitative estimate of drug-likeness (QED) is 0.335. The Morgan fingerprint density at radius 1 is 1.08 bits per heavy atom. The molecule has 270 valence electrons. The number of imide groups is 1. The number of methoxy groups -OCH3 is 1. The molecule has 5 heterocycles. The number of halogens is 4. The van der Waals surface area contributed by atoms with Gasteiger partial charge in [0.15, 0.2) is 0 Å². The van der Waals surface area contributed by atoms with Gasteiger partial charge in [-0.2, -0.15) is 0 Å². The van der Waals surface area contributed by atoms with E-state index in [1.807, 2.05) is 15.9 Å². The van der Waals surface area contributed by atoms with Crippen molar-refractivity contribution in [3.63, 3.8) is 0 Å². The van der Waals surface area contributed by atoms with Crippen molar-refractivity contribution in [2.45, 2.75) is 50.4 Å². The Morgan fingerprint density at radius 2 is 1.86 bits per heavy atom. The first kappa shape index (κ1) is 35.0. The number of aliphatic imine (C=N–C) groups is 1. The topological polar surface area (TPSA) is 112 Å². The number of nitrogens with one attached hydrogen (secondary N) is 2. The number of alkyl halides is 2. The Labute approximate surface area is 298 Å². The summed E-state index contributed by atoms with van der Waals surface area (Å²) >= 11 is 6.80. The smallest absolute Gasteiger partial charge is 0.275 e. The first-order valence-corrected chi connectivity index (χ1v) is 17.4. The number of pyridine rings is 1. The SMILES string of the molecule is COc1cc(-c2cn(C)c(=O)c3c2C=NC3)cc(Cl)c1CN1CCC(N2CCN(c3ccc(NC4CCC(=O)NC4=O)cc3F)CC2)C(F)(F)C1. The van der Waals surface area contributed by atoms with Gasteiger partial charge in [0.1, 0.15) is 17.6 Å². The maximum Gasteiger partial charge on any atom is 0.275 e. The number of aryl methyl sites for hydroxylation is 1. The molecule has 2 unspecified atom stereocenters. The number of ether oxygens (including phenoxy) is 1. The van der Waals surface area contributed by atoms with Crippen molar-refractivity contribution in [3.8, 4) is 16.9 Å². The Morgan fingerprint density at radius 3 is 2.57 bits per heavy atom. The van der Waals surface area contributed by atoms with Gasteiger partial charge in [-0.25, -0.2) is 13.2 Å². The number of piperazine rings is 1. The summed E-state index contributed by atoms with van der Waals surface area (Å²) in [7, 11) is 3.21. The third-order valence-corrected chi connectivity index (χ3v) is 10.7. The van der Waals surface area contributed by atoms with Gasteiger partial charge < -0.3 is 19.5 Å². The number of anilines is 2. The largest absolute Gasteiger partial charge is 0.496 e. The van der Waals surface area contributed by atoms with E-state index < -0.39 is 36.3 Å². The number of piperidine rings is 2. The lowest BCUT2D eigenvalue weighted by molar-refractivity contribution is -0.133. The van der Waals surface area contributed by atoms with E-state index in [2.05, 4.69) is 15.6 Å². The third-order valence-electron chi connectivity index (χ3n) is 10.3. The van der Waals surface area contributed by atoms with Crippen molar-refractivity contribution in [1.29, 1.82) is 0 Å². The summed E-state index contributed by atoms with van der Waals surface area (Å²) in [6.07, 6.45) is 4.22. The van der Waals surface area contributed by atoms with E-state index in [4.69, 9.17) is 16.3 Å². The molecule has 0 aliphatic carbocycles. The second kappa shape index (κ2) is 14.0. The molecule has 15 heteroatoms. The molecule has 2 amide bonds. The van der Waals surface area contributed by atoms with Crippen molar-refractivity contribution >= 4 is 41.0 Å². The van der Waals surface area contributed by atoms with Gasteiger partial charge in [-0.3, -0.25) is 34.5 Å². The van der Waals surface area contributed by atoms with Gasteiger partial charge in [-0.15, -0.1) is 0 Å². The van der Waals surface area contributed by atoms with E-state index in [0.29, 0.717) is 79.0 Å². The van der Waals surface area contributed by atoms with Crippen molar-refractivity contribution in [3.05, 3.63) is 74.4 Å². The maximum atomic E-state index is 15.8. The summed E-state index contributed by atoms with van der Waals surface area (Å²) in [6.45, 7) is 1.97. The van der Waals surface area contributed by atoms with Crippen LogP contribution in [0.5, 0.6) is 5.75 Å². The Kier molecular flexibility index (Phi) is 9.59. The number of carbonyl (C=O) groups excluding carboxylic acids is 2. The summed E-state index contributed by atoms with van der Waals surface area (Å²) in [4.78, 5) is 45.7. The fourth-order valence-corrected chi connectivity index (χ4v) is 7.91. The molecule has 51 heavy (non-hydrogen) atoms. The second-order valence-corrected chi connectivity index (χ2v) is 14.0. The van der Waals surface area contributed by atoms with Crippen LogP contribution in [0.4, 0.5) is 24.5 Å². The number of benzene rings is 2. The predicted molar refractivity (Wildman–Crippen MR) is 189 cm³/mol. The van der Waals surface area contributed by atoms with E-state index >= 15 is 13.2 Å². The standard InChI is InChI=1S/C36H39ClF3N7O4/c1-44-18-25(23-16-41-17-24(23)35(44)50)21-13-27(37)26(31(14-21)51-2)19-45-8-7-32(36(39,40)20-45)47-11-9-46(10-12-47)30-5-3-22(15-28(30)38)42-29-4-6-33(48)43-34(29)49/h3,5,13-16,18,29,32,42H,4,6-12,17,19-20H2,1-2H3,(H,43,48,49). The van der Waals surface area contributed by atoms with Gasteiger partial charge in [-0.1, -0.05) is 11.6 Å². The molecule has 4 aliphatic heterocycles. The summed E-state index contributed by atoms with van der Waals surface area (Å²) < 4.78 is 54.1. The molecule has 2 aromatic carbocycles. The number of likely N-dealkylation sites (tertiary alicyclic amines) is 1. The van der Waals surface area contributed by atoms with E-state index in [-0.39, 0.29) is 30.9 Å². The van der Waals surface area contributed by atoms with Gasteiger partial charge in [0.2, 0.25) is 11.8 Å². The molecule has 4 aliphatic rings. The molecular weight excluding hydrogens is 687 g/mol. The van der Waals surface area contributed by atoms with Crippen LogP contribution in [0.3, 0.4) is 0 Å². The van der Waals surface area contributed by atoms with E-state index in [0.717, 1.165) is 16.7 Å². The van der Waals surface area contributed by atoms with Crippen LogP contribution in [0.15, 0.2) is 46.3 Å². The van der Waals surface area contributed by atoms with Gasteiger partial charge >= 0.3 is 0 Å². The summed E-state index contributed by atoms with van der Waals surface area (Å²) in [5, 5.41) is 5.64. The van der Waals surface area contributed by atoms with Crippen molar-refractivity contribution < 1.29 is 27.5 Å². The number of rotatable bonds is 8. The average Bonchev–Trinajstić information content (AvgIpc) is 3.59. The minimum atomic E-state index is -3.00. The number of carbonyl (C=O) groups is 2. The van der Waals surface area contributed by atoms with Crippen LogP contribution >= 0.6 is 11.6 Å². The van der Waals surface area contributed by atoms with Crippen LogP contribution < -0.4 is 25.8 Å². The Bertz CT molecular complexity index is 1960. The highest BCUT2D eigenvalue weighted by Crippen LogP contribution is 2.39. The van der Waals surface area contributed by atoms with Crippen molar-refractivity contribution in [1.82, 2.24) is 19.7 Å². The molecule has 2 atom stereocenters. The van der Waals surface area contributed by atoms with Gasteiger partial charge in [-0.05, 0) is 48.7 Å². The van der Waals surface area contributed by atoms with Gasteiger partial charge in [0.25, 0.3) is 11.5 Å². The molecule has 0 radical (unpaired) electrons. The molecule has 3 fully saturated rings. The number of nitrogens with zero attached hydrogens (tertiary/aromatic N) is 5.